The molecular weight excluding hydrogens is 387 g/mol. The maximum Gasteiger partial charge on any atom is 0.255 e. The molecule has 3 aromatic rings. The van der Waals surface area contributed by atoms with Crippen molar-refractivity contribution in [3.8, 4) is 0 Å². The number of carbonyl (C=O) groups excluding carboxylic acids is 1. The molecule has 2 N–H and O–H groups in total. The first-order valence-electron chi connectivity index (χ1n) is 11.2. The summed E-state index contributed by atoms with van der Waals surface area (Å²) in [6.45, 7) is 0. The van der Waals surface area contributed by atoms with Crippen LogP contribution in [0.25, 0.3) is 0 Å². The molecule has 2 saturated carbocycles. The van der Waals surface area contributed by atoms with Crippen LogP contribution in [0, 0.1) is 23.6 Å². The molecule has 3 aromatic carbocycles. The number of anilines is 2. The van der Waals surface area contributed by atoms with Gasteiger partial charge in [-0.15, -0.1) is 0 Å². The Morgan fingerprint density at radius 1 is 0.935 bits per heavy atom. The van der Waals surface area contributed by atoms with Crippen LogP contribution in [0.3, 0.4) is 0 Å². The third-order valence-electron chi connectivity index (χ3n) is 7.63. The maximum atomic E-state index is 14.0. The van der Waals surface area contributed by atoms with Gasteiger partial charge in [-0.2, -0.15) is 0 Å². The lowest BCUT2D eigenvalue weighted by Crippen LogP contribution is -2.35. The van der Waals surface area contributed by atoms with Crippen molar-refractivity contribution in [3.63, 3.8) is 0 Å². The van der Waals surface area contributed by atoms with Gasteiger partial charge in [0.2, 0.25) is 0 Å². The molecule has 3 nitrogen and oxygen atoms in total. The zero-order valence-corrected chi connectivity index (χ0v) is 17.2. The summed E-state index contributed by atoms with van der Waals surface area (Å²) in [7, 11) is 0. The predicted octanol–water partition coefficient (Wildman–Crippen LogP) is 6.37. The van der Waals surface area contributed by atoms with Gasteiger partial charge in [0.15, 0.2) is 0 Å². The van der Waals surface area contributed by atoms with Gasteiger partial charge in [0, 0.05) is 11.3 Å². The molecule has 2 bridgehead atoms. The van der Waals surface area contributed by atoms with Crippen LogP contribution >= 0.6 is 0 Å². The third kappa shape index (κ3) is 3.04. The van der Waals surface area contributed by atoms with Crippen LogP contribution in [0.5, 0.6) is 0 Å². The lowest BCUT2D eigenvalue weighted by Gasteiger charge is -2.43. The highest BCUT2D eigenvalue weighted by Crippen LogP contribution is 2.63. The van der Waals surface area contributed by atoms with E-state index in [1.165, 1.54) is 36.5 Å². The lowest BCUT2D eigenvalue weighted by molar-refractivity contribution is 0.102. The zero-order valence-electron chi connectivity index (χ0n) is 17.2. The molecule has 0 spiro atoms. The second-order valence-electron chi connectivity index (χ2n) is 9.21. The average Bonchev–Trinajstić information content (AvgIpc) is 3.43. The summed E-state index contributed by atoms with van der Waals surface area (Å²) in [5.41, 5.74) is 4.53. The van der Waals surface area contributed by atoms with E-state index < -0.39 is 5.82 Å². The number of rotatable bonds is 3. The number of carbonyl (C=O) groups is 1. The highest BCUT2D eigenvalue weighted by atomic mass is 19.1. The third-order valence-corrected chi connectivity index (χ3v) is 7.63. The highest BCUT2D eigenvalue weighted by Gasteiger charge is 2.53. The minimum absolute atomic E-state index is 0.213. The summed E-state index contributed by atoms with van der Waals surface area (Å²) in [5, 5.41) is 6.53. The highest BCUT2D eigenvalue weighted by molar-refractivity contribution is 6.04. The fraction of sp³-hybridized carbons (Fsp3) is 0.296. The smallest absolute Gasteiger partial charge is 0.255 e. The Balaban J connectivity index is 1.36. The van der Waals surface area contributed by atoms with Gasteiger partial charge in [-0.1, -0.05) is 42.5 Å². The van der Waals surface area contributed by atoms with E-state index in [1.807, 2.05) is 18.2 Å². The van der Waals surface area contributed by atoms with Crippen LogP contribution < -0.4 is 10.6 Å². The van der Waals surface area contributed by atoms with Crippen molar-refractivity contribution in [1.82, 2.24) is 0 Å². The van der Waals surface area contributed by atoms with E-state index >= 15 is 0 Å². The molecule has 0 saturated heterocycles. The average molecular weight is 413 g/mol. The Morgan fingerprint density at radius 3 is 2.55 bits per heavy atom. The predicted molar refractivity (Wildman–Crippen MR) is 121 cm³/mol. The van der Waals surface area contributed by atoms with Crippen molar-refractivity contribution in [2.45, 2.75) is 31.2 Å². The van der Waals surface area contributed by atoms with Gasteiger partial charge in [-0.25, -0.2) is 4.39 Å². The SMILES string of the molecule is O=C(Nc1ccccc1F)c1ccc2c(c1)[C@H]1[C@@H]3CC[C@@H](C3)[C@H]1[C@@H](c1ccccc1)N2. The molecule has 6 rings (SSSR count). The Bertz CT molecular complexity index is 1140. The second-order valence-corrected chi connectivity index (χ2v) is 9.21. The van der Waals surface area contributed by atoms with Crippen molar-refractivity contribution in [3.05, 3.63) is 95.3 Å². The van der Waals surface area contributed by atoms with Gasteiger partial charge in [0.05, 0.1) is 11.7 Å². The fourth-order valence-electron chi connectivity index (χ4n) is 6.37. The Hall–Kier alpha value is -3.14. The van der Waals surface area contributed by atoms with E-state index in [-0.39, 0.29) is 11.6 Å². The monoisotopic (exact) mass is 412 g/mol. The van der Waals surface area contributed by atoms with Crippen molar-refractivity contribution >= 4 is 17.3 Å². The summed E-state index contributed by atoms with van der Waals surface area (Å²) < 4.78 is 14.0. The summed E-state index contributed by atoms with van der Waals surface area (Å²) >= 11 is 0. The zero-order chi connectivity index (χ0) is 20.9. The number of hydrogen-bond donors (Lipinski definition) is 2. The molecule has 31 heavy (non-hydrogen) atoms. The summed E-state index contributed by atoms with van der Waals surface area (Å²) in [4.78, 5) is 12.9. The summed E-state index contributed by atoms with van der Waals surface area (Å²) in [6, 6.07) is 23.3. The van der Waals surface area contributed by atoms with E-state index in [0.29, 0.717) is 29.4 Å². The van der Waals surface area contributed by atoms with Crippen LogP contribution in [0.1, 0.15) is 52.7 Å². The first kappa shape index (κ1) is 18.6. The number of para-hydroxylation sites is 1. The number of halogens is 1. The molecule has 2 aliphatic carbocycles. The largest absolute Gasteiger partial charge is 0.378 e. The van der Waals surface area contributed by atoms with Crippen molar-refractivity contribution in [2.75, 3.05) is 10.6 Å². The number of hydrogen-bond acceptors (Lipinski definition) is 2. The number of benzene rings is 3. The molecule has 2 fully saturated rings. The summed E-state index contributed by atoms with van der Waals surface area (Å²) in [6.07, 6.45) is 3.86. The number of amides is 1. The molecule has 1 amide bonds. The minimum Gasteiger partial charge on any atom is -0.378 e. The molecule has 156 valence electrons. The molecule has 0 aromatic heterocycles. The van der Waals surface area contributed by atoms with E-state index in [1.54, 1.807) is 18.2 Å². The molecule has 0 unspecified atom stereocenters. The van der Waals surface area contributed by atoms with Gasteiger partial charge >= 0.3 is 0 Å². The van der Waals surface area contributed by atoms with Crippen LogP contribution in [0.4, 0.5) is 15.8 Å². The minimum atomic E-state index is -0.422. The first-order chi connectivity index (χ1) is 15.2. The molecule has 3 aliphatic rings. The van der Waals surface area contributed by atoms with Gasteiger partial charge in [-0.05, 0) is 84.4 Å². The second kappa shape index (κ2) is 7.23. The molecule has 5 atom stereocenters. The van der Waals surface area contributed by atoms with E-state index in [9.17, 15) is 9.18 Å². The quantitative estimate of drug-likeness (QED) is 0.524. The first-order valence-corrected chi connectivity index (χ1v) is 11.2. The molecular formula is C27H25FN2O. The normalized spacial score (nSPS) is 27.8. The maximum absolute atomic E-state index is 14.0. The molecule has 4 heteroatoms. The van der Waals surface area contributed by atoms with Gasteiger partial charge in [0.1, 0.15) is 5.82 Å². The van der Waals surface area contributed by atoms with Crippen LogP contribution in [0.2, 0.25) is 0 Å². The Kier molecular flexibility index (Phi) is 4.34. The number of nitrogens with one attached hydrogen (secondary N) is 2. The fourth-order valence-corrected chi connectivity index (χ4v) is 6.37. The molecule has 0 radical (unpaired) electrons. The number of fused-ring (bicyclic) bond motifs is 7. The summed E-state index contributed by atoms with van der Waals surface area (Å²) in [5.74, 6) is 1.76. The van der Waals surface area contributed by atoms with E-state index in [0.717, 1.165) is 11.6 Å². The van der Waals surface area contributed by atoms with Crippen molar-refractivity contribution in [1.29, 1.82) is 0 Å². The van der Waals surface area contributed by atoms with Gasteiger partial charge in [0.25, 0.3) is 5.91 Å². The topological polar surface area (TPSA) is 41.1 Å². The molecule has 1 heterocycles. The Morgan fingerprint density at radius 2 is 1.71 bits per heavy atom. The van der Waals surface area contributed by atoms with Crippen molar-refractivity contribution < 1.29 is 9.18 Å². The van der Waals surface area contributed by atoms with Crippen molar-refractivity contribution in [2.24, 2.45) is 17.8 Å². The standard InChI is InChI=1S/C27H25FN2O/c28-21-8-4-5-9-23(21)30-27(31)19-12-13-22-20(15-19)24-17-10-11-18(14-17)25(24)26(29-22)16-6-2-1-3-7-16/h1-9,12-13,15,17-18,24-26,29H,10-11,14H2,(H,30,31)/t17-,18+,24-,25-,26-/m1/s1. The molecule has 1 aliphatic heterocycles. The van der Waals surface area contributed by atoms with Crippen LogP contribution in [0.15, 0.2) is 72.8 Å². The van der Waals surface area contributed by atoms with E-state index in [2.05, 4.69) is 41.0 Å². The van der Waals surface area contributed by atoms with Crippen LogP contribution in [-0.4, -0.2) is 5.91 Å². The lowest BCUT2D eigenvalue weighted by atomic mass is 9.68. The van der Waals surface area contributed by atoms with E-state index in [4.69, 9.17) is 0 Å². The Labute approximate surface area is 181 Å². The van der Waals surface area contributed by atoms with Crippen LogP contribution in [-0.2, 0) is 0 Å². The van der Waals surface area contributed by atoms with Gasteiger partial charge < -0.3 is 10.6 Å². The van der Waals surface area contributed by atoms with Gasteiger partial charge in [-0.3, -0.25) is 4.79 Å².